The molecule has 3 aliphatic carbocycles. The quantitative estimate of drug-likeness (QED) is 0.212. The molecular formula is C23H20F20O2. The molecule has 2 bridgehead atoms. The highest BCUT2D eigenvalue weighted by molar-refractivity contribution is 5.22. The van der Waals surface area contributed by atoms with Gasteiger partial charge in [-0.25, -0.2) is 4.39 Å². The third-order valence-corrected chi connectivity index (χ3v) is 8.78. The van der Waals surface area contributed by atoms with Gasteiger partial charge in [0, 0.05) is 11.8 Å². The summed E-state index contributed by atoms with van der Waals surface area (Å²) in [6, 6.07) is 0. The molecule has 0 saturated heterocycles. The van der Waals surface area contributed by atoms with Crippen LogP contribution in [0.5, 0.6) is 0 Å². The number of fused-ring (bicyclic) bond motifs is 2. The van der Waals surface area contributed by atoms with Crippen LogP contribution < -0.4 is 0 Å². The number of hydrogen-bond acceptors (Lipinski definition) is 2. The number of allylic oxidation sites excluding steroid dienone is 1. The highest BCUT2D eigenvalue weighted by Gasteiger charge is 2.93. The van der Waals surface area contributed by atoms with Crippen molar-refractivity contribution in [3.8, 4) is 0 Å². The predicted octanol–water partition coefficient (Wildman–Crippen LogP) is 9.03. The van der Waals surface area contributed by atoms with Gasteiger partial charge in [0.2, 0.25) is 5.60 Å². The van der Waals surface area contributed by atoms with E-state index < -0.39 is 121 Å². The average molecular weight is 708 g/mol. The first-order valence-electron chi connectivity index (χ1n) is 12.6. The minimum atomic E-state index is -8.03. The molecule has 7 unspecified atom stereocenters. The lowest BCUT2D eigenvalue weighted by atomic mass is 9.60. The number of alkyl halides is 20. The summed E-state index contributed by atoms with van der Waals surface area (Å²) >= 11 is 0. The predicted molar refractivity (Wildman–Crippen MR) is 107 cm³/mol. The third kappa shape index (κ3) is 5.25. The van der Waals surface area contributed by atoms with Gasteiger partial charge in [-0.05, 0) is 43.9 Å². The Kier molecular flexibility index (Phi) is 8.91. The maximum Gasteiger partial charge on any atom is 0.456 e. The van der Waals surface area contributed by atoms with Crippen LogP contribution >= 0.6 is 0 Å². The standard InChI is InChI=1S/C23H20F20O2/c24-16(20(32,33)34,21(35,36)37)14(44,17(25,26)22(38,39)40)11-2-1-3-12(8-11)15(19(29,30)31,18(27,28)23(41,42)43)45-13-7-9-4-5-10(13)6-9/h4-5,9-13,44H,1-3,6-8H2. The maximum atomic E-state index is 15.1. The fourth-order valence-corrected chi connectivity index (χ4v) is 6.72. The molecule has 0 aliphatic heterocycles. The van der Waals surface area contributed by atoms with Crippen LogP contribution in [-0.4, -0.2) is 70.8 Å². The fraction of sp³-hybridized carbons (Fsp3) is 0.913. The van der Waals surface area contributed by atoms with Crippen LogP contribution in [0, 0.1) is 23.7 Å². The summed E-state index contributed by atoms with van der Waals surface area (Å²) in [7, 11) is 0. The number of hydrogen-bond donors (Lipinski definition) is 1. The topological polar surface area (TPSA) is 29.5 Å². The van der Waals surface area contributed by atoms with Gasteiger partial charge in [0.1, 0.15) is 0 Å². The molecule has 2 nitrogen and oxygen atoms in total. The van der Waals surface area contributed by atoms with E-state index in [1.54, 1.807) is 0 Å². The van der Waals surface area contributed by atoms with Crippen molar-refractivity contribution in [2.45, 2.75) is 104 Å². The molecule has 264 valence electrons. The number of halogens is 20. The molecule has 3 aliphatic rings. The largest absolute Gasteiger partial charge is 0.456 e. The van der Waals surface area contributed by atoms with Crippen LogP contribution in [0.4, 0.5) is 87.8 Å². The summed E-state index contributed by atoms with van der Waals surface area (Å²) in [4.78, 5) is 0. The normalized spacial score (nSPS) is 30.4. The van der Waals surface area contributed by atoms with Gasteiger partial charge in [-0.1, -0.05) is 18.6 Å². The van der Waals surface area contributed by atoms with Crippen LogP contribution in [0.3, 0.4) is 0 Å². The summed E-state index contributed by atoms with van der Waals surface area (Å²) in [5.41, 5.74) is -21.2. The Bertz CT molecular complexity index is 1100. The molecule has 0 spiro atoms. The zero-order chi connectivity index (χ0) is 35.3. The Hall–Kier alpha value is -1.74. The second kappa shape index (κ2) is 10.6. The smallest absolute Gasteiger partial charge is 0.379 e. The monoisotopic (exact) mass is 708 g/mol. The van der Waals surface area contributed by atoms with E-state index in [2.05, 4.69) is 4.74 Å². The number of rotatable bonds is 7. The molecular weight excluding hydrogens is 688 g/mol. The van der Waals surface area contributed by atoms with Crippen molar-refractivity contribution in [1.82, 2.24) is 0 Å². The van der Waals surface area contributed by atoms with Gasteiger partial charge < -0.3 is 9.84 Å². The van der Waals surface area contributed by atoms with Gasteiger partial charge in [0.15, 0.2) is 5.60 Å². The van der Waals surface area contributed by atoms with Crippen LogP contribution in [0.1, 0.15) is 38.5 Å². The Morgan fingerprint density at radius 3 is 1.33 bits per heavy atom. The summed E-state index contributed by atoms with van der Waals surface area (Å²) < 4.78 is 285. The first-order valence-corrected chi connectivity index (χ1v) is 12.6. The second-order valence-electron chi connectivity index (χ2n) is 11.3. The van der Waals surface area contributed by atoms with E-state index in [-0.39, 0.29) is 6.42 Å². The molecule has 7 atom stereocenters. The lowest BCUT2D eigenvalue weighted by Gasteiger charge is -2.55. The van der Waals surface area contributed by atoms with Crippen LogP contribution in [-0.2, 0) is 4.74 Å². The Labute approximate surface area is 238 Å². The van der Waals surface area contributed by atoms with E-state index in [0.29, 0.717) is 0 Å². The highest BCUT2D eigenvalue weighted by Crippen LogP contribution is 2.67. The van der Waals surface area contributed by atoms with E-state index in [1.807, 2.05) is 0 Å². The molecule has 0 aromatic rings. The zero-order valence-corrected chi connectivity index (χ0v) is 21.7. The number of aliphatic hydroxyl groups is 1. The van der Waals surface area contributed by atoms with Crippen molar-refractivity contribution in [3.05, 3.63) is 12.2 Å². The highest BCUT2D eigenvalue weighted by atomic mass is 19.4. The van der Waals surface area contributed by atoms with Gasteiger partial charge in [0.25, 0.3) is 0 Å². The van der Waals surface area contributed by atoms with Crippen LogP contribution in [0.2, 0.25) is 0 Å². The molecule has 3 rings (SSSR count). The van der Waals surface area contributed by atoms with Crippen molar-refractivity contribution < 1.29 is 97.7 Å². The summed E-state index contributed by atoms with van der Waals surface area (Å²) in [6.07, 6.45) is -46.9. The summed E-state index contributed by atoms with van der Waals surface area (Å²) in [5.74, 6) is -25.2. The van der Waals surface area contributed by atoms with E-state index in [0.717, 1.165) is 6.08 Å². The lowest BCUT2D eigenvalue weighted by Crippen LogP contribution is -2.80. The molecule has 0 amide bonds. The first-order chi connectivity index (χ1) is 19.8. The van der Waals surface area contributed by atoms with E-state index >= 15 is 13.2 Å². The molecule has 45 heavy (non-hydrogen) atoms. The zero-order valence-electron chi connectivity index (χ0n) is 21.7. The van der Waals surface area contributed by atoms with E-state index in [4.69, 9.17) is 0 Å². The van der Waals surface area contributed by atoms with Crippen molar-refractivity contribution >= 4 is 0 Å². The Morgan fingerprint density at radius 1 is 0.511 bits per heavy atom. The van der Waals surface area contributed by atoms with Crippen molar-refractivity contribution in [1.29, 1.82) is 0 Å². The summed E-state index contributed by atoms with van der Waals surface area (Å²) in [6.45, 7) is 0. The minimum Gasteiger partial charge on any atom is -0.379 e. The SMILES string of the molecule is OC(C1CCCC(C(OC2CC3C=CC2C3)(C(F)(F)F)C(F)(F)C(F)(F)F)C1)(C(F)(F)C(F)(F)F)C(F)(C(F)(F)F)C(F)(F)F. The van der Waals surface area contributed by atoms with Gasteiger partial charge in [0.05, 0.1) is 6.10 Å². The van der Waals surface area contributed by atoms with Crippen LogP contribution in [0.15, 0.2) is 12.2 Å². The van der Waals surface area contributed by atoms with Crippen molar-refractivity contribution in [2.75, 3.05) is 0 Å². The molecule has 0 aromatic carbocycles. The summed E-state index contributed by atoms with van der Waals surface area (Å²) in [5, 5.41) is 10.2. The van der Waals surface area contributed by atoms with E-state index in [9.17, 15) is 79.7 Å². The molecule has 0 heterocycles. The molecule has 0 radical (unpaired) electrons. The Morgan fingerprint density at radius 2 is 0.978 bits per heavy atom. The molecule has 1 N–H and O–H groups in total. The fourth-order valence-electron chi connectivity index (χ4n) is 6.72. The van der Waals surface area contributed by atoms with Gasteiger partial charge >= 0.3 is 48.4 Å². The van der Waals surface area contributed by atoms with Gasteiger partial charge in [-0.3, -0.25) is 0 Å². The van der Waals surface area contributed by atoms with Gasteiger partial charge in [-0.15, -0.1) is 0 Å². The average Bonchev–Trinajstić information content (AvgIpc) is 3.46. The molecule has 2 saturated carbocycles. The van der Waals surface area contributed by atoms with Crippen molar-refractivity contribution in [3.63, 3.8) is 0 Å². The van der Waals surface area contributed by atoms with Crippen molar-refractivity contribution in [2.24, 2.45) is 23.7 Å². The van der Waals surface area contributed by atoms with Crippen LogP contribution in [0.25, 0.3) is 0 Å². The number of ether oxygens (including phenoxy) is 1. The Balaban J connectivity index is 2.34. The lowest BCUT2D eigenvalue weighted by molar-refractivity contribution is -0.459. The minimum absolute atomic E-state index is 0.164. The molecule has 2 fully saturated rings. The van der Waals surface area contributed by atoms with Gasteiger partial charge in [-0.2, -0.15) is 83.4 Å². The first kappa shape index (κ1) is 37.7. The second-order valence-corrected chi connectivity index (χ2v) is 11.3. The maximum absolute atomic E-state index is 15.1. The molecule has 22 heteroatoms. The molecule has 0 aromatic heterocycles. The van der Waals surface area contributed by atoms with E-state index in [1.165, 1.54) is 6.08 Å². The third-order valence-electron chi connectivity index (χ3n) is 8.78.